The second-order valence-corrected chi connectivity index (χ2v) is 25.9. The van der Waals surface area contributed by atoms with Crippen LogP contribution in [0.3, 0.4) is 0 Å². The number of rotatable bonds is 68. The second-order valence-electron chi connectivity index (χ2n) is 25.9. The molecular formula is C80H140NO8+. The van der Waals surface area contributed by atoms with Gasteiger partial charge in [0.15, 0.2) is 6.10 Å². The van der Waals surface area contributed by atoms with E-state index in [1.54, 1.807) is 0 Å². The summed E-state index contributed by atoms with van der Waals surface area (Å²) in [4.78, 5) is 37.7. The van der Waals surface area contributed by atoms with Crippen molar-refractivity contribution in [2.24, 2.45) is 0 Å². The van der Waals surface area contributed by atoms with Gasteiger partial charge >= 0.3 is 17.9 Å². The number of ether oxygens (including phenoxy) is 4. The minimum absolute atomic E-state index is 0.180. The van der Waals surface area contributed by atoms with Gasteiger partial charge in [0.2, 0.25) is 0 Å². The molecule has 89 heavy (non-hydrogen) atoms. The molecule has 512 valence electrons. The smallest absolute Gasteiger partial charge is 0.361 e. The van der Waals surface area contributed by atoms with Gasteiger partial charge in [-0.15, -0.1) is 0 Å². The SMILES string of the molecule is CC/C=C\C/C=C\C/C=C\C/C=C\C/C=C\C/C=C\C/C=C\C/C=C\CCCCCCCCC(=O)OC(COC(=O)CCCCCCCCCCCCCCCCCCCCCCC/C=C\CCCCCCCCCC)COC(OCC[N+](C)(C)C)C(=O)O. The predicted octanol–water partition coefficient (Wildman–Crippen LogP) is 23.4. The van der Waals surface area contributed by atoms with Gasteiger partial charge in [0.1, 0.15) is 13.2 Å². The molecule has 9 nitrogen and oxygen atoms in total. The number of carbonyl (C=O) groups excluding carboxylic acids is 2. The molecule has 1 N–H and O–H groups in total. The summed E-state index contributed by atoms with van der Waals surface area (Å²) in [5.41, 5.74) is 0. The van der Waals surface area contributed by atoms with E-state index in [0.29, 0.717) is 23.9 Å². The molecule has 0 aliphatic rings. The van der Waals surface area contributed by atoms with Crippen LogP contribution in [0.5, 0.6) is 0 Å². The third kappa shape index (κ3) is 71.3. The fraction of sp³-hybridized carbons (Fsp3) is 0.738. The van der Waals surface area contributed by atoms with Crippen molar-refractivity contribution in [3.05, 3.63) is 109 Å². The van der Waals surface area contributed by atoms with Crippen LogP contribution >= 0.6 is 0 Å². The highest BCUT2D eigenvalue weighted by molar-refractivity contribution is 5.71. The highest BCUT2D eigenvalue weighted by Gasteiger charge is 2.25. The van der Waals surface area contributed by atoms with Crippen molar-refractivity contribution in [1.29, 1.82) is 0 Å². The van der Waals surface area contributed by atoms with Gasteiger partial charge in [0, 0.05) is 12.8 Å². The Labute approximate surface area is 549 Å². The molecule has 9 heteroatoms. The first-order valence-corrected chi connectivity index (χ1v) is 37.1. The largest absolute Gasteiger partial charge is 0.477 e. The van der Waals surface area contributed by atoms with Gasteiger partial charge in [0.25, 0.3) is 6.29 Å². The van der Waals surface area contributed by atoms with Gasteiger partial charge in [-0.2, -0.15) is 0 Å². The molecule has 0 bridgehead atoms. The third-order valence-corrected chi connectivity index (χ3v) is 16.0. The van der Waals surface area contributed by atoms with Gasteiger partial charge in [-0.25, -0.2) is 4.79 Å². The molecule has 0 aliphatic heterocycles. The third-order valence-electron chi connectivity index (χ3n) is 16.0. The molecular weight excluding hydrogens is 1100 g/mol. The average molecular weight is 1240 g/mol. The minimum Gasteiger partial charge on any atom is -0.477 e. The van der Waals surface area contributed by atoms with Gasteiger partial charge in [0.05, 0.1) is 34.4 Å². The van der Waals surface area contributed by atoms with Crippen molar-refractivity contribution in [3.63, 3.8) is 0 Å². The molecule has 2 atom stereocenters. The molecule has 0 amide bonds. The number of quaternary nitrogens is 1. The van der Waals surface area contributed by atoms with E-state index in [2.05, 4.69) is 123 Å². The molecule has 0 aromatic heterocycles. The number of carboxylic acids is 1. The van der Waals surface area contributed by atoms with Crippen molar-refractivity contribution in [2.45, 2.75) is 334 Å². The Morgan fingerprint density at radius 2 is 0.640 bits per heavy atom. The lowest BCUT2D eigenvalue weighted by Crippen LogP contribution is -2.40. The maximum atomic E-state index is 13.0. The number of hydrogen-bond acceptors (Lipinski definition) is 7. The number of unbranched alkanes of at least 4 members (excludes halogenated alkanes) is 35. The monoisotopic (exact) mass is 1240 g/mol. The Morgan fingerprint density at radius 3 is 0.966 bits per heavy atom. The number of aliphatic carboxylic acids is 1. The van der Waals surface area contributed by atoms with Gasteiger partial charge < -0.3 is 28.5 Å². The second kappa shape index (κ2) is 69.8. The standard InChI is InChI=1S/C80H139NO8/c1-6-8-10-12-14-16-18-20-22-24-26-28-30-32-34-36-38-39-41-42-44-46-48-50-52-54-56-58-60-62-64-66-68-70-77(82)87-74-76(75-88-80(79(84)85)86-73-72-81(3,4)5)89-78(83)71-69-67-65-63-61-59-57-55-53-51-49-47-45-43-40-37-35-33-31-29-27-25-23-21-19-17-15-13-11-9-7-2/h9,11,15,17,21,23-24,26-27,29,33,35,40,43,47,49,53,55,76,80H,6-8,10,12-14,16,18-20,22,25,28,30-32,34,36-39,41-42,44-46,48,50-52,54,56-75H2,1-5H3/p+1/b11-9-,17-15-,23-21-,26-24-,29-27-,35-33-,43-40-,49-47-,55-53-. The predicted molar refractivity (Wildman–Crippen MR) is 382 cm³/mol. The van der Waals surface area contributed by atoms with Crippen molar-refractivity contribution < 1.29 is 42.9 Å². The lowest BCUT2D eigenvalue weighted by atomic mass is 10.0. The summed E-state index contributed by atoms with van der Waals surface area (Å²) in [5.74, 6) is -2.02. The number of carboxylic acid groups (broad SMARTS) is 1. The molecule has 0 spiro atoms. The van der Waals surface area contributed by atoms with Crippen LogP contribution in [-0.4, -0.2) is 87.4 Å². The molecule has 0 rings (SSSR count). The van der Waals surface area contributed by atoms with E-state index in [-0.39, 0.29) is 32.2 Å². The number of esters is 2. The van der Waals surface area contributed by atoms with Crippen LogP contribution in [0.1, 0.15) is 322 Å². The Balaban J connectivity index is 4.12. The molecule has 0 aliphatic carbocycles. The molecule has 0 aromatic carbocycles. The quantitative estimate of drug-likeness (QED) is 0.0211. The van der Waals surface area contributed by atoms with Crippen LogP contribution in [0, 0.1) is 0 Å². The lowest BCUT2D eigenvalue weighted by Gasteiger charge is -2.25. The summed E-state index contributed by atoms with van der Waals surface area (Å²) in [6, 6.07) is 0. The van der Waals surface area contributed by atoms with Crippen molar-refractivity contribution in [3.8, 4) is 0 Å². The number of carbonyl (C=O) groups is 3. The Bertz CT molecular complexity index is 1830. The number of likely N-dealkylation sites (N-methyl/N-ethyl adjacent to an activating group) is 1. The van der Waals surface area contributed by atoms with Crippen LogP contribution in [0.15, 0.2) is 109 Å². The molecule has 0 radical (unpaired) electrons. The van der Waals surface area contributed by atoms with E-state index in [0.717, 1.165) is 109 Å². The summed E-state index contributed by atoms with van der Waals surface area (Å²) >= 11 is 0. The van der Waals surface area contributed by atoms with E-state index in [1.807, 2.05) is 21.1 Å². The molecule has 0 heterocycles. The molecule has 0 fully saturated rings. The Morgan fingerprint density at radius 1 is 0.348 bits per heavy atom. The molecule has 0 aromatic rings. The van der Waals surface area contributed by atoms with Gasteiger partial charge in [-0.05, 0) is 103 Å². The van der Waals surface area contributed by atoms with Gasteiger partial charge in [-0.1, -0.05) is 316 Å². The van der Waals surface area contributed by atoms with Crippen LogP contribution in [0.4, 0.5) is 0 Å². The first kappa shape index (κ1) is 85.0. The topological polar surface area (TPSA) is 108 Å². The van der Waals surface area contributed by atoms with E-state index in [1.165, 1.54) is 180 Å². The lowest BCUT2D eigenvalue weighted by molar-refractivity contribution is -0.870. The van der Waals surface area contributed by atoms with E-state index in [9.17, 15) is 19.5 Å². The zero-order valence-electron chi connectivity index (χ0n) is 58.6. The minimum atomic E-state index is -1.52. The van der Waals surface area contributed by atoms with Crippen LogP contribution in [0.25, 0.3) is 0 Å². The van der Waals surface area contributed by atoms with Crippen LogP contribution in [-0.2, 0) is 33.3 Å². The van der Waals surface area contributed by atoms with E-state index in [4.69, 9.17) is 18.9 Å². The van der Waals surface area contributed by atoms with Crippen molar-refractivity contribution in [2.75, 3.05) is 47.5 Å². The Hall–Kier alpha value is -4.05. The fourth-order valence-electron chi connectivity index (χ4n) is 10.4. The zero-order chi connectivity index (χ0) is 64.7. The zero-order valence-corrected chi connectivity index (χ0v) is 58.6. The van der Waals surface area contributed by atoms with Crippen molar-refractivity contribution >= 4 is 17.9 Å². The van der Waals surface area contributed by atoms with Crippen LogP contribution < -0.4 is 0 Å². The van der Waals surface area contributed by atoms with E-state index >= 15 is 0 Å². The molecule has 0 saturated heterocycles. The molecule has 2 unspecified atom stereocenters. The number of nitrogens with zero attached hydrogens (tertiary/aromatic N) is 1. The maximum Gasteiger partial charge on any atom is 0.361 e. The maximum absolute atomic E-state index is 13.0. The fourth-order valence-corrected chi connectivity index (χ4v) is 10.4. The highest BCUT2D eigenvalue weighted by Crippen LogP contribution is 2.18. The van der Waals surface area contributed by atoms with Gasteiger partial charge in [-0.3, -0.25) is 9.59 Å². The Kier molecular flexibility index (Phi) is 66.7. The average Bonchev–Trinajstić information content (AvgIpc) is 3.64. The normalized spacial score (nSPS) is 13.3. The summed E-state index contributed by atoms with van der Waals surface area (Å²) in [7, 11) is 5.97. The first-order chi connectivity index (χ1) is 43.6. The number of hydrogen-bond donors (Lipinski definition) is 1. The summed E-state index contributed by atoms with van der Waals surface area (Å²) in [6.45, 7) is 4.77. The summed E-state index contributed by atoms with van der Waals surface area (Å²) in [6.07, 6.45) is 95.0. The van der Waals surface area contributed by atoms with E-state index < -0.39 is 24.3 Å². The first-order valence-electron chi connectivity index (χ1n) is 37.1. The molecule has 0 saturated carbocycles. The highest BCUT2D eigenvalue weighted by atomic mass is 16.7. The van der Waals surface area contributed by atoms with Crippen LogP contribution in [0.2, 0.25) is 0 Å². The summed E-state index contributed by atoms with van der Waals surface area (Å²) in [5, 5.41) is 9.76. The number of allylic oxidation sites excluding steroid dienone is 18. The van der Waals surface area contributed by atoms with Crippen molar-refractivity contribution in [1.82, 2.24) is 0 Å². The summed E-state index contributed by atoms with van der Waals surface area (Å²) < 4.78 is 23.0.